The SMILES string of the molecule is COC(=O)C(N)c1ccc(O)cc1.NC(C(=O)O)c1ccc(O)cc1. The van der Waals surface area contributed by atoms with Gasteiger partial charge in [0.15, 0.2) is 0 Å². The van der Waals surface area contributed by atoms with Crippen LogP contribution in [0.25, 0.3) is 0 Å². The maximum absolute atomic E-state index is 11.0. The Hall–Kier alpha value is -3.10. The molecule has 2 rings (SSSR count). The van der Waals surface area contributed by atoms with E-state index in [1.54, 1.807) is 12.1 Å². The number of methoxy groups -OCH3 is 1. The quantitative estimate of drug-likeness (QED) is 0.513. The van der Waals surface area contributed by atoms with E-state index in [-0.39, 0.29) is 11.5 Å². The van der Waals surface area contributed by atoms with E-state index in [2.05, 4.69) is 4.74 Å². The summed E-state index contributed by atoms with van der Waals surface area (Å²) in [4.78, 5) is 21.4. The average Bonchev–Trinajstić information content (AvgIpc) is 2.61. The van der Waals surface area contributed by atoms with Gasteiger partial charge in [-0.3, -0.25) is 9.59 Å². The first-order valence-corrected chi connectivity index (χ1v) is 7.16. The molecule has 0 amide bonds. The molecular weight excluding hydrogens is 328 g/mol. The fourth-order valence-corrected chi connectivity index (χ4v) is 1.77. The molecule has 2 unspecified atom stereocenters. The standard InChI is InChI=1S/C9H11NO3.C8H9NO3/c1-13-9(12)8(10)6-2-4-7(11)5-3-6;9-7(8(11)12)5-1-3-6(10)4-2-5/h2-5,8,11H,10H2,1H3;1-4,7,10H,9H2,(H,11,12). The molecule has 2 aromatic rings. The van der Waals surface area contributed by atoms with Gasteiger partial charge in [0, 0.05) is 0 Å². The lowest BCUT2D eigenvalue weighted by Gasteiger charge is -2.08. The predicted molar refractivity (Wildman–Crippen MR) is 89.7 cm³/mol. The Balaban J connectivity index is 0.000000251. The molecule has 0 fully saturated rings. The minimum atomic E-state index is -1.08. The normalized spacial score (nSPS) is 12.3. The summed E-state index contributed by atoms with van der Waals surface area (Å²) in [6.07, 6.45) is 0. The molecule has 0 saturated heterocycles. The molecule has 0 radical (unpaired) electrons. The second-order valence-electron chi connectivity index (χ2n) is 5.00. The first-order valence-electron chi connectivity index (χ1n) is 7.16. The summed E-state index contributed by atoms with van der Waals surface area (Å²) in [7, 11) is 1.28. The van der Waals surface area contributed by atoms with Crippen molar-refractivity contribution in [1.82, 2.24) is 0 Å². The summed E-state index contributed by atoms with van der Waals surface area (Å²) < 4.78 is 4.47. The summed E-state index contributed by atoms with van der Waals surface area (Å²) in [6.45, 7) is 0. The lowest BCUT2D eigenvalue weighted by molar-refractivity contribution is -0.142. The molecule has 2 atom stereocenters. The number of benzene rings is 2. The number of esters is 1. The van der Waals surface area contributed by atoms with Crippen molar-refractivity contribution in [3.05, 3.63) is 59.7 Å². The van der Waals surface area contributed by atoms with Crippen molar-refractivity contribution in [3.8, 4) is 11.5 Å². The Morgan fingerprint density at radius 1 is 0.840 bits per heavy atom. The number of phenolic OH excluding ortho intramolecular Hbond substituents is 2. The number of carbonyl (C=O) groups excluding carboxylic acids is 1. The summed E-state index contributed by atoms with van der Waals surface area (Å²) in [5.41, 5.74) is 11.9. The van der Waals surface area contributed by atoms with E-state index in [0.717, 1.165) is 0 Å². The van der Waals surface area contributed by atoms with Crippen LogP contribution in [0.4, 0.5) is 0 Å². The summed E-state index contributed by atoms with van der Waals surface area (Å²) in [5, 5.41) is 26.4. The van der Waals surface area contributed by atoms with Crippen molar-refractivity contribution in [2.24, 2.45) is 11.5 Å². The summed E-state index contributed by atoms with van der Waals surface area (Å²) in [6, 6.07) is 10.1. The number of hydrogen-bond donors (Lipinski definition) is 5. The Morgan fingerprint density at radius 2 is 1.20 bits per heavy atom. The van der Waals surface area contributed by atoms with Gasteiger partial charge in [-0.15, -0.1) is 0 Å². The minimum Gasteiger partial charge on any atom is -0.508 e. The molecule has 0 aromatic heterocycles. The topological polar surface area (TPSA) is 156 Å². The van der Waals surface area contributed by atoms with Gasteiger partial charge in [0.1, 0.15) is 23.6 Å². The maximum atomic E-state index is 11.0. The lowest BCUT2D eigenvalue weighted by atomic mass is 10.1. The number of nitrogens with two attached hydrogens (primary N) is 2. The number of aliphatic carboxylic acids is 1. The van der Waals surface area contributed by atoms with Gasteiger partial charge in [-0.05, 0) is 35.4 Å². The zero-order chi connectivity index (χ0) is 19.0. The Labute approximate surface area is 144 Å². The molecule has 0 spiro atoms. The molecular formula is C17H20N2O6. The smallest absolute Gasteiger partial charge is 0.327 e. The van der Waals surface area contributed by atoms with Crippen molar-refractivity contribution in [2.75, 3.05) is 7.11 Å². The molecule has 25 heavy (non-hydrogen) atoms. The van der Waals surface area contributed by atoms with Crippen LogP contribution in [0.5, 0.6) is 11.5 Å². The molecule has 0 aliphatic heterocycles. The van der Waals surface area contributed by atoms with Crippen LogP contribution in [-0.2, 0) is 14.3 Å². The molecule has 0 aliphatic carbocycles. The number of phenols is 2. The highest BCUT2D eigenvalue weighted by molar-refractivity contribution is 5.77. The van der Waals surface area contributed by atoms with Crippen LogP contribution in [-0.4, -0.2) is 34.4 Å². The van der Waals surface area contributed by atoms with Crippen molar-refractivity contribution < 1.29 is 29.6 Å². The summed E-state index contributed by atoms with van der Waals surface area (Å²) in [5.74, 6) is -1.34. The van der Waals surface area contributed by atoms with Gasteiger partial charge in [0.05, 0.1) is 7.11 Å². The number of carboxylic acids is 1. The number of aromatic hydroxyl groups is 2. The zero-order valence-corrected chi connectivity index (χ0v) is 13.5. The lowest BCUT2D eigenvalue weighted by Crippen LogP contribution is -2.22. The van der Waals surface area contributed by atoms with E-state index in [9.17, 15) is 9.59 Å². The third-order valence-corrected chi connectivity index (χ3v) is 3.23. The van der Waals surface area contributed by atoms with Gasteiger partial charge in [0.25, 0.3) is 0 Å². The van der Waals surface area contributed by atoms with Crippen LogP contribution in [0.2, 0.25) is 0 Å². The average molecular weight is 348 g/mol. The highest BCUT2D eigenvalue weighted by Gasteiger charge is 2.15. The molecule has 0 aliphatic rings. The van der Waals surface area contributed by atoms with E-state index in [0.29, 0.717) is 11.1 Å². The highest BCUT2D eigenvalue weighted by Crippen LogP contribution is 2.16. The van der Waals surface area contributed by atoms with Crippen LogP contribution >= 0.6 is 0 Å². The van der Waals surface area contributed by atoms with Crippen LogP contribution in [0.1, 0.15) is 23.2 Å². The number of hydrogen-bond acceptors (Lipinski definition) is 7. The molecule has 7 N–H and O–H groups in total. The van der Waals surface area contributed by atoms with Crippen LogP contribution in [0.3, 0.4) is 0 Å². The number of ether oxygens (including phenoxy) is 1. The van der Waals surface area contributed by atoms with E-state index in [1.807, 2.05) is 0 Å². The highest BCUT2D eigenvalue weighted by atomic mass is 16.5. The van der Waals surface area contributed by atoms with Gasteiger partial charge in [-0.25, -0.2) is 0 Å². The molecule has 8 nitrogen and oxygen atoms in total. The molecule has 0 saturated carbocycles. The minimum absolute atomic E-state index is 0.0938. The van der Waals surface area contributed by atoms with Gasteiger partial charge >= 0.3 is 11.9 Å². The summed E-state index contributed by atoms with van der Waals surface area (Å²) >= 11 is 0. The largest absolute Gasteiger partial charge is 0.508 e. The number of rotatable bonds is 4. The van der Waals surface area contributed by atoms with E-state index in [4.69, 9.17) is 26.8 Å². The fraction of sp³-hybridized carbons (Fsp3) is 0.176. The Bertz CT molecular complexity index is 700. The van der Waals surface area contributed by atoms with Crippen molar-refractivity contribution in [2.45, 2.75) is 12.1 Å². The van der Waals surface area contributed by atoms with Crippen LogP contribution < -0.4 is 11.5 Å². The third-order valence-electron chi connectivity index (χ3n) is 3.23. The molecule has 8 heteroatoms. The Morgan fingerprint density at radius 3 is 1.52 bits per heavy atom. The van der Waals surface area contributed by atoms with Gasteiger partial charge < -0.3 is 31.5 Å². The first kappa shape index (κ1) is 19.9. The number of carbonyl (C=O) groups is 2. The maximum Gasteiger partial charge on any atom is 0.327 e. The van der Waals surface area contributed by atoms with Crippen LogP contribution in [0, 0.1) is 0 Å². The van der Waals surface area contributed by atoms with Crippen LogP contribution in [0.15, 0.2) is 48.5 Å². The molecule has 0 heterocycles. The zero-order valence-electron chi connectivity index (χ0n) is 13.5. The van der Waals surface area contributed by atoms with Gasteiger partial charge in [0.2, 0.25) is 0 Å². The Kier molecular flexibility index (Phi) is 7.39. The number of carboxylic acid groups (broad SMARTS) is 1. The fourth-order valence-electron chi connectivity index (χ4n) is 1.77. The third kappa shape index (κ3) is 6.13. The van der Waals surface area contributed by atoms with Crippen molar-refractivity contribution in [1.29, 1.82) is 0 Å². The second kappa shape index (κ2) is 9.26. The van der Waals surface area contributed by atoms with Gasteiger partial charge in [-0.2, -0.15) is 0 Å². The van der Waals surface area contributed by atoms with Crippen molar-refractivity contribution in [3.63, 3.8) is 0 Å². The van der Waals surface area contributed by atoms with Crippen molar-refractivity contribution >= 4 is 11.9 Å². The predicted octanol–water partition coefficient (Wildman–Crippen LogP) is 1.04. The molecule has 0 bridgehead atoms. The van der Waals surface area contributed by atoms with E-state index >= 15 is 0 Å². The van der Waals surface area contributed by atoms with Gasteiger partial charge in [-0.1, -0.05) is 24.3 Å². The van der Waals surface area contributed by atoms with E-state index in [1.165, 1.54) is 43.5 Å². The first-order chi connectivity index (χ1) is 11.8. The van der Waals surface area contributed by atoms with E-state index < -0.39 is 24.0 Å². The molecule has 2 aromatic carbocycles. The monoisotopic (exact) mass is 348 g/mol. The molecule has 134 valence electrons. The second-order valence-corrected chi connectivity index (χ2v) is 5.00.